The van der Waals surface area contributed by atoms with E-state index in [4.69, 9.17) is 0 Å². The van der Waals surface area contributed by atoms with E-state index >= 15 is 0 Å². The van der Waals surface area contributed by atoms with E-state index in [1.54, 1.807) is 11.9 Å². The Kier molecular flexibility index (Phi) is 21.2. The van der Waals surface area contributed by atoms with Gasteiger partial charge in [-0.15, -0.1) is 0 Å². The molecular formula is C32H64N4O3S+2. The van der Waals surface area contributed by atoms with Crippen molar-refractivity contribution in [1.29, 1.82) is 0 Å². The lowest BCUT2D eigenvalue weighted by Crippen LogP contribution is -2.46. The highest BCUT2D eigenvalue weighted by molar-refractivity contribution is 7.98. The van der Waals surface area contributed by atoms with Crippen LogP contribution in [0.3, 0.4) is 0 Å². The van der Waals surface area contributed by atoms with Crippen molar-refractivity contribution in [2.24, 2.45) is 11.8 Å². The van der Waals surface area contributed by atoms with Crippen molar-refractivity contribution < 1.29 is 19.6 Å². The van der Waals surface area contributed by atoms with Gasteiger partial charge < -0.3 is 15.5 Å². The second-order valence-electron chi connectivity index (χ2n) is 12.4. The van der Waals surface area contributed by atoms with E-state index in [-0.39, 0.29) is 35.2 Å². The van der Waals surface area contributed by atoms with Crippen molar-refractivity contribution in [2.45, 2.75) is 167 Å². The highest BCUT2D eigenvalue weighted by atomic mass is 32.2. The maximum Gasteiger partial charge on any atom is 0.254 e. The normalized spacial score (nSPS) is 19.3. The number of hydrogen-bond donors (Lipinski definition) is 5. The highest BCUT2D eigenvalue weighted by Crippen LogP contribution is 2.25. The summed E-state index contributed by atoms with van der Waals surface area (Å²) >= 11 is 1.68. The van der Waals surface area contributed by atoms with Gasteiger partial charge in [-0.1, -0.05) is 117 Å². The predicted molar refractivity (Wildman–Crippen MR) is 171 cm³/mol. The largest absolute Gasteiger partial charge is 0.352 e. The lowest BCUT2D eigenvalue weighted by atomic mass is 9.92. The van der Waals surface area contributed by atoms with Gasteiger partial charge in [0.1, 0.15) is 6.72 Å². The molecule has 1 saturated heterocycles. The molecule has 1 rings (SSSR count). The number of hydrogen-bond acceptors (Lipinski definition) is 6. The molecule has 0 aromatic rings. The number of aliphatic hydroxyl groups is 2. The molecule has 1 aliphatic heterocycles. The molecule has 0 aliphatic carbocycles. The van der Waals surface area contributed by atoms with Crippen molar-refractivity contribution >= 4 is 24.6 Å². The monoisotopic (exact) mass is 584 g/mol. The fourth-order valence-corrected chi connectivity index (χ4v) is 6.46. The van der Waals surface area contributed by atoms with E-state index < -0.39 is 12.3 Å². The molecule has 6 atom stereocenters. The predicted octanol–water partition coefficient (Wildman–Crippen LogP) is 6.13. The van der Waals surface area contributed by atoms with Gasteiger partial charge in [-0.05, 0) is 18.8 Å². The van der Waals surface area contributed by atoms with Crippen molar-refractivity contribution in [2.75, 3.05) is 6.67 Å². The van der Waals surface area contributed by atoms with Gasteiger partial charge in [0.25, 0.3) is 6.23 Å². The summed E-state index contributed by atoms with van der Waals surface area (Å²) in [6, 6.07) is -0.302. The Labute approximate surface area is 251 Å². The van der Waals surface area contributed by atoms with E-state index in [0.29, 0.717) is 12.8 Å². The van der Waals surface area contributed by atoms with Gasteiger partial charge >= 0.3 is 0 Å². The zero-order chi connectivity index (χ0) is 29.8. The second kappa shape index (κ2) is 22.8. The number of unbranched alkanes of at least 4 members (excludes halogenated alkanes) is 12. The minimum absolute atomic E-state index is 0.0500. The molecule has 40 heavy (non-hydrogen) atoms. The molecule has 6 unspecified atom stereocenters. The Hall–Kier alpha value is -0.800. The lowest BCUT2D eigenvalue weighted by molar-refractivity contribution is -0.641. The standard InChI is InChI=1S/C32H63N4O3S/c1-7-8-9-10-11-12-13-14-15-16-17-18-19-20-31(39)36(6)28(23-30-33-24-34-40-30)26(4)21-22-29(38)35-32(25(2)3)27(5)37/h25-28,30-34,37,39H,5-24H2,1-4H3/q+1/p+1. The summed E-state index contributed by atoms with van der Waals surface area (Å²) in [6.45, 7) is 17.1. The molecule has 234 valence electrons. The number of nitrogens with zero attached hydrogens (tertiary/aromatic N) is 1. The molecule has 0 aromatic carbocycles. The second-order valence-corrected chi connectivity index (χ2v) is 13.5. The van der Waals surface area contributed by atoms with Crippen LogP contribution in [-0.2, 0) is 4.79 Å². The van der Waals surface area contributed by atoms with Crippen LogP contribution >= 0.6 is 11.9 Å². The van der Waals surface area contributed by atoms with Gasteiger partial charge in [0, 0.05) is 25.2 Å². The summed E-state index contributed by atoms with van der Waals surface area (Å²) in [5, 5.41) is 27.6. The average Bonchev–Trinajstić information content (AvgIpc) is 3.44. The summed E-state index contributed by atoms with van der Waals surface area (Å²) in [4.78, 5) is 12.6. The van der Waals surface area contributed by atoms with Gasteiger partial charge in [-0.25, -0.2) is 9.30 Å². The molecule has 5 N–H and O–H groups in total. The molecule has 0 bridgehead atoms. The minimum atomic E-state index is -0.831. The van der Waals surface area contributed by atoms with Crippen LogP contribution in [0.2, 0.25) is 0 Å². The Morgan fingerprint density at radius 2 is 1.52 bits per heavy atom. The van der Waals surface area contributed by atoms with Crippen LogP contribution < -0.4 is 15.4 Å². The van der Waals surface area contributed by atoms with Gasteiger partial charge in [0.2, 0.25) is 12.0 Å². The Morgan fingerprint density at radius 1 is 0.975 bits per heavy atom. The first kappa shape index (κ1) is 37.2. The van der Waals surface area contributed by atoms with E-state index in [2.05, 4.69) is 42.8 Å². The first-order valence-corrected chi connectivity index (χ1v) is 17.2. The van der Waals surface area contributed by atoms with Crippen LogP contribution in [-0.4, -0.2) is 63.9 Å². The van der Waals surface area contributed by atoms with Crippen LogP contribution in [0.1, 0.15) is 137 Å². The Balaban J connectivity index is 2.39. The molecule has 1 amide bonds. The summed E-state index contributed by atoms with van der Waals surface area (Å²) in [5.74, 6) is 0.218. The van der Waals surface area contributed by atoms with E-state index in [9.17, 15) is 15.0 Å². The van der Waals surface area contributed by atoms with Crippen LogP contribution in [0.4, 0.5) is 0 Å². The average molecular weight is 585 g/mol. The maximum absolute atomic E-state index is 12.6. The molecule has 1 aliphatic rings. The number of rotatable bonds is 25. The molecule has 8 heteroatoms. The number of carbonyl (C=O) groups excluding carboxylic acids is 1. The summed E-state index contributed by atoms with van der Waals surface area (Å²) < 4.78 is 5.16. The van der Waals surface area contributed by atoms with E-state index in [1.807, 2.05) is 18.4 Å². The zero-order valence-corrected chi connectivity index (χ0v) is 27.2. The molecule has 1 fully saturated rings. The molecule has 1 heterocycles. The number of amides is 1. The zero-order valence-electron chi connectivity index (χ0n) is 26.3. The third-order valence-electron chi connectivity index (χ3n) is 8.40. The van der Waals surface area contributed by atoms with Gasteiger partial charge in [-0.3, -0.25) is 10.1 Å². The first-order chi connectivity index (χ1) is 19.2. The minimum Gasteiger partial charge on any atom is -0.352 e. The van der Waals surface area contributed by atoms with Crippen LogP contribution in [0, 0.1) is 18.8 Å². The van der Waals surface area contributed by atoms with Gasteiger partial charge in [0.15, 0.2) is 6.04 Å². The Morgan fingerprint density at radius 3 is 2.00 bits per heavy atom. The SMILES string of the molecule is C=[N+](C(O)CCCCCCCCCCCCCCC)C(CC1NCNS1)C(C)CCC(=O)NC(C(C)C)C([CH2+])O. The smallest absolute Gasteiger partial charge is 0.254 e. The third-order valence-corrected chi connectivity index (χ3v) is 9.36. The summed E-state index contributed by atoms with van der Waals surface area (Å²) in [7, 11) is 0. The molecule has 0 spiro atoms. The molecule has 0 saturated carbocycles. The number of nitrogens with one attached hydrogen (secondary N) is 3. The number of aliphatic hydroxyl groups excluding tert-OH is 2. The quantitative estimate of drug-likeness (QED) is 0.0221. The topological polar surface area (TPSA) is 96.6 Å². The lowest BCUT2D eigenvalue weighted by Gasteiger charge is -2.26. The molecule has 0 aromatic heterocycles. The van der Waals surface area contributed by atoms with E-state index in [0.717, 1.165) is 32.4 Å². The maximum atomic E-state index is 12.6. The van der Waals surface area contributed by atoms with Crippen molar-refractivity contribution in [3.8, 4) is 0 Å². The van der Waals surface area contributed by atoms with Crippen LogP contribution in [0.25, 0.3) is 0 Å². The highest BCUT2D eigenvalue weighted by Gasteiger charge is 2.35. The van der Waals surface area contributed by atoms with Crippen LogP contribution in [0.5, 0.6) is 0 Å². The third kappa shape index (κ3) is 16.6. The Bertz CT molecular complexity index is 650. The molecule has 0 radical (unpaired) electrons. The van der Waals surface area contributed by atoms with Crippen molar-refractivity contribution in [1.82, 2.24) is 15.4 Å². The van der Waals surface area contributed by atoms with Crippen molar-refractivity contribution in [3.05, 3.63) is 6.92 Å². The van der Waals surface area contributed by atoms with Crippen LogP contribution in [0.15, 0.2) is 0 Å². The van der Waals surface area contributed by atoms with E-state index in [1.165, 1.54) is 70.6 Å². The summed E-state index contributed by atoms with van der Waals surface area (Å²) in [6.07, 6.45) is 18.3. The van der Waals surface area contributed by atoms with Gasteiger partial charge in [0.05, 0.1) is 25.0 Å². The van der Waals surface area contributed by atoms with Gasteiger partial charge in [-0.2, -0.15) is 0 Å². The molecule has 7 nitrogen and oxygen atoms in total. The first-order valence-electron chi connectivity index (χ1n) is 16.4. The fourth-order valence-electron chi connectivity index (χ4n) is 5.63. The van der Waals surface area contributed by atoms with Crippen molar-refractivity contribution in [3.63, 3.8) is 0 Å². The number of carbonyl (C=O) groups is 1. The summed E-state index contributed by atoms with van der Waals surface area (Å²) in [5.41, 5.74) is 0. The fraction of sp³-hybridized carbons (Fsp3) is 0.906. The molecular weight excluding hydrogens is 520 g/mol.